The van der Waals surface area contributed by atoms with E-state index in [1.54, 1.807) is 4.90 Å². The summed E-state index contributed by atoms with van der Waals surface area (Å²) in [5, 5.41) is 3.03. The lowest BCUT2D eigenvalue weighted by Gasteiger charge is -2.36. The summed E-state index contributed by atoms with van der Waals surface area (Å²) in [6, 6.07) is 15.6. The highest BCUT2D eigenvalue weighted by Crippen LogP contribution is 2.26. The zero-order valence-corrected chi connectivity index (χ0v) is 18.5. The van der Waals surface area contributed by atoms with Crippen molar-refractivity contribution in [3.63, 3.8) is 0 Å². The van der Waals surface area contributed by atoms with E-state index in [0.29, 0.717) is 19.4 Å². The van der Waals surface area contributed by atoms with E-state index in [2.05, 4.69) is 42.5 Å². The fraction of sp³-hybridized carbons (Fsp3) is 0.440. The summed E-state index contributed by atoms with van der Waals surface area (Å²) < 4.78 is 0. The molecule has 0 aliphatic carbocycles. The first-order chi connectivity index (χ1) is 14.3. The van der Waals surface area contributed by atoms with E-state index in [4.69, 9.17) is 0 Å². The first-order valence-electron chi connectivity index (χ1n) is 10.7. The summed E-state index contributed by atoms with van der Waals surface area (Å²) in [6.07, 6.45) is 1.97. The number of nitrogens with zero attached hydrogens (tertiary/aromatic N) is 2. The zero-order valence-electron chi connectivity index (χ0n) is 18.5. The third kappa shape index (κ3) is 5.70. The fourth-order valence-electron chi connectivity index (χ4n) is 3.82. The Labute approximate surface area is 180 Å². The van der Waals surface area contributed by atoms with Crippen molar-refractivity contribution in [2.24, 2.45) is 5.92 Å². The highest BCUT2D eigenvalue weighted by molar-refractivity contribution is 5.97. The minimum absolute atomic E-state index is 0.0405. The van der Waals surface area contributed by atoms with Crippen LogP contribution in [0.2, 0.25) is 0 Å². The number of nitrogens with one attached hydrogen (secondary N) is 1. The molecule has 160 valence electrons. The molecule has 2 aromatic rings. The van der Waals surface area contributed by atoms with Crippen molar-refractivity contribution >= 4 is 17.5 Å². The van der Waals surface area contributed by atoms with Crippen LogP contribution in [0.3, 0.4) is 0 Å². The Balaban J connectivity index is 1.73. The Morgan fingerprint density at radius 1 is 1.07 bits per heavy atom. The standard InChI is InChI=1S/C25H33N3O2/c1-18(2)15-24(29)28-17-21-8-6-5-7-20(21)16-23(28)25(30)26-22-11-9-19(10-12-22)13-14-27(3)4/h5-12,18,23H,13-17H2,1-4H3,(H,26,30). The van der Waals surface area contributed by atoms with Gasteiger partial charge in [-0.3, -0.25) is 9.59 Å². The van der Waals surface area contributed by atoms with E-state index in [1.165, 1.54) is 5.56 Å². The average Bonchev–Trinajstić information content (AvgIpc) is 2.71. The van der Waals surface area contributed by atoms with Gasteiger partial charge in [-0.05, 0) is 55.3 Å². The molecule has 0 radical (unpaired) electrons. The molecule has 0 bridgehead atoms. The number of rotatable bonds is 7. The molecule has 30 heavy (non-hydrogen) atoms. The Bertz CT molecular complexity index is 874. The van der Waals surface area contributed by atoms with E-state index >= 15 is 0 Å². The van der Waals surface area contributed by atoms with E-state index in [0.717, 1.165) is 29.8 Å². The second-order valence-corrected chi connectivity index (χ2v) is 8.85. The monoisotopic (exact) mass is 407 g/mol. The van der Waals surface area contributed by atoms with Crippen LogP contribution in [0.5, 0.6) is 0 Å². The van der Waals surface area contributed by atoms with Gasteiger partial charge in [0, 0.05) is 31.6 Å². The first-order valence-corrected chi connectivity index (χ1v) is 10.7. The Kier molecular flexibility index (Phi) is 7.27. The van der Waals surface area contributed by atoms with Gasteiger partial charge in [0.15, 0.2) is 0 Å². The summed E-state index contributed by atoms with van der Waals surface area (Å²) in [7, 11) is 4.12. The molecule has 0 aromatic heterocycles. The van der Waals surface area contributed by atoms with Crippen molar-refractivity contribution in [1.29, 1.82) is 0 Å². The van der Waals surface area contributed by atoms with Gasteiger partial charge in [0.2, 0.25) is 11.8 Å². The molecule has 2 aromatic carbocycles. The van der Waals surface area contributed by atoms with Crippen molar-refractivity contribution < 1.29 is 9.59 Å². The van der Waals surface area contributed by atoms with Crippen LogP contribution in [0, 0.1) is 5.92 Å². The Morgan fingerprint density at radius 2 is 1.73 bits per heavy atom. The van der Waals surface area contributed by atoms with Crippen LogP contribution in [0.15, 0.2) is 48.5 Å². The van der Waals surface area contributed by atoms with Crippen LogP contribution in [0.25, 0.3) is 0 Å². The van der Waals surface area contributed by atoms with Crippen LogP contribution < -0.4 is 5.32 Å². The molecule has 1 heterocycles. The van der Waals surface area contributed by atoms with Gasteiger partial charge >= 0.3 is 0 Å². The zero-order chi connectivity index (χ0) is 21.7. The SMILES string of the molecule is CC(C)CC(=O)N1Cc2ccccc2CC1C(=O)Nc1ccc(CCN(C)C)cc1. The van der Waals surface area contributed by atoms with Gasteiger partial charge in [-0.25, -0.2) is 0 Å². The number of amides is 2. The molecule has 0 saturated heterocycles. The predicted molar refractivity (Wildman–Crippen MR) is 121 cm³/mol. The molecule has 3 rings (SSSR count). The maximum atomic E-state index is 13.2. The molecule has 2 amide bonds. The lowest BCUT2D eigenvalue weighted by atomic mass is 9.92. The second kappa shape index (κ2) is 9.90. The predicted octanol–water partition coefficient (Wildman–Crippen LogP) is 3.73. The molecule has 0 saturated carbocycles. The number of carbonyl (C=O) groups is 2. The normalized spacial score (nSPS) is 15.9. The van der Waals surface area contributed by atoms with Crippen molar-refractivity contribution in [2.75, 3.05) is 26.0 Å². The number of benzene rings is 2. The number of carbonyl (C=O) groups excluding carboxylic acids is 2. The van der Waals surface area contributed by atoms with E-state index in [-0.39, 0.29) is 17.7 Å². The topological polar surface area (TPSA) is 52.7 Å². The summed E-state index contributed by atoms with van der Waals surface area (Å²) in [5.41, 5.74) is 4.28. The molecule has 5 nitrogen and oxygen atoms in total. The van der Waals surface area contributed by atoms with E-state index < -0.39 is 6.04 Å². The minimum atomic E-state index is -0.487. The van der Waals surface area contributed by atoms with Crippen molar-refractivity contribution in [3.05, 3.63) is 65.2 Å². The Hall–Kier alpha value is -2.66. The van der Waals surface area contributed by atoms with Crippen LogP contribution in [0.4, 0.5) is 5.69 Å². The third-order valence-corrected chi connectivity index (χ3v) is 5.52. The summed E-state index contributed by atoms with van der Waals surface area (Å²) in [5.74, 6) is 0.175. The van der Waals surface area contributed by atoms with Gasteiger partial charge in [0.25, 0.3) is 0 Å². The molecule has 1 aliphatic rings. The number of anilines is 1. The highest BCUT2D eigenvalue weighted by atomic mass is 16.2. The van der Waals surface area contributed by atoms with Crippen LogP contribution in [0.1, 0.15) is 37.0 Å². The van der Waals surface area contributed by atoms with E-state index in [9.17, 15) is 9.59 Å². The molecule has 0 fully saturated rings. The molecule has 5 heteroatoms. The van der Waals surface area contributed by atoms with Gasteiger partial charge in [0.05, 0.1) is 0 Å². The van der Waals surface area contributed by atoms with Crippen LogP contribution in [-0.4, -0.2) is 48.3 Å². The number of hydrogen-bond acceptors (Lipinski definition) is 3. The summed E-state index contributed by atoms with van der Waals surface area (Å²) in [4.78, 5) is 30.0. The third-order valence-electron chi connectivity index (χ3n) is 5.52. The van der Waals surface area contributed by atoms with Crippen molar-refractivity contribution in [1.82, 2.24) is 9.80 Å². The highest BCUT2D eigenvalue weighted by Gasteiger charge is 2.34. The van der Waals surface area contributed by atoms with E-state index in [1.807, 2.05) is 44.2 Å². The molecule has 1 atom stereocenters. The maximum absolute atomic E-state index is 13.2. The number of fused-ring (bicyclic) bond motifs is 1. The van der Waals surface area contributed by atoms with Gasteiger partial charge in [-0.1, -0.05) is 50.2 Å². The van der Waals surface area contributed by atoms with Gasteiger partial charge in [0.1, 0.15) is 6.04 Å². The van der Waals surface area contributed by atoms with Crippen LogP contribution in [-0.2, 0) is 29.0 Å². The summed E-state index contributed by atoms with van der Waals surface area (Å²) in [6.45, 7) is 5.54. The first kappa shape index (κ1) is 22.0. The maximum Gasteiger partial charge on any atom is 0.247 e. The Morgan fingerprint density at radius 3 is 2.37 bits per heavy atom. The molecule has 1 aliphatic heterocycles. The lowest BCUT2D eigenvalue weighted by Crippen LogP contribution is -2.50. The van der Waals surface area contributed by atoms with Crippen molar-refractivity contribution in [3.8, 4) is 0 Å². The second-order valence-electron chi connectivity index (χ2n) is 8.85. The van der Waals surface area contributed by atoms with Gasteiger partial charge in [-0.2, -0.15) is 0 Å². The smallest absolute Gasteiger partial charge is 0.247 e. The number of likely N-dealkylation sites (N-methyl/N-ethyl adjacent to an activating group) is 1. The fourth-order valence-corrected chi connectivity index (χ4v) is 3.82. The molecular formula is C25H33N3O2. The quantitative estimate of drug-likeness (QED) is 0.761. The average molecular weight is 408 g/mol. The lowest BCUT2D eigenvalue weighted by molar-refractivity contribution is -0.140. The van der Waals surface area contributed by atoms with Crippen molar-refractivity contribution in [2.45, 2.75) is 45.7 Å². The molecule has 1 N–H and O–H groups in total. The van der Waals surface area contributed by atoms with Crippen LogP contribution >= 0.6 is 0 Å². The largest absolute Gasteiger partial charge is 0.326 e. The molecular weight excluding hydrogens is 374 g/mol. The minimum Gasteiger partial charge on any atom is -0.326 e. The molecule has 1 unspecified atom stereocenters. The van der Waals surface area contributed by atoms with Gasteiger partial charge < -0.3 is 15.1 Å². The summed E-state index contributed by atoms with van der Waals surface area (Å²) >= 11 is 0. The molecule has 0 spiro atoms. The van der Waals surface area contributed by atoms with Gasteiger partial charge in [-0.15, -0.1) is 0 Å². The number of hydrogen-bond donors (Lipinski definition) is 1.